The van der Waals surface area contributed by atoms with Crippen LogP contribution in [0.25, 0.3) is 0 Å². The predicted molar refractivity (Wildman–Crippen MR) is 83.7 cm³/mol. The minimum atomic E-state index is 0.197. The number of hydrogen-bond acceptors (Lipinski definition) is 3. The van der Waals surface area contributed by atoms with Crippen molar-refractivity contribution in [3.63, 3.8) is 0 Å². The molecule has 0 bridgehead atoms. The summed E-state index contributed by atoms with van der Waals surface area (Å²) in [5.74, 6) is 0. The molecule has 114 valence electrons. The van der Waals surface area contributed by atoms with E-state index >= 15 is 0 Å². The molecule has 0 aromatic carbocycles. The molecule has 0 aliphatic carbocycles. The molecular formula is C16H30N4. The van der Waals surface area contributed by atoms with Gasteiger partial charge in [0.25, 0.3) is 0 Å². The van der Waals surface area contributed by atoms with Gasteiger partial charge in [-0.15, -0.1) is 0 Å². The Balaban J connectivity index is 2.13. The summed E-state index contributed by atoms with van der Waals surface area (Å²) < 4.78 is 2.01. The van der Waals surface area contributed by atoms with Crippen LogP contribution in [0, 0.1) is 0 Å². The van der Waals surface area contributed by atoms with E-state index in [9.17, 15) is 0 Å². The average molecular weight is 278 g/mol. The first-order valence-electron chi connectivity index (χ1n) is 7.96. The van der Waals surface area contributed by atoms with E-state index in [4.69, 9.17) is 0 Å². The molecule has 0 atom stereocenters. The Labute approximate surface area is 123 Å². The molecule has 1 aromatic rings. The van der Waals surface area contributed by atoms with Gasteiger partial charge in [-0.1, -0.05) is 13.8 Å². The maximum atomic E-state index is 4.40. The second-order valence-electron chi connectivity index (χ2n) is 6.71. The molecule has 2 rings (SSSR count). The van der Waals surface area contributed by atoms with Gasteiger partial charge in [0.1, 0.15) is 0 Å². The van der Waals surface area contributed by atoms with Gasteiger partial charge in [0.2, 0.25) is 0 Å². The SMILES string of the molecule is CCn1cc(CN2CC(CC)(CC)NCC2(C)C)cn1. The highest BCUT2D eigenvalue weighted by atomic mass is 15.3. The van der Waals surface area contributed by atoms with Crippen molar-refractivity contribution in [3.8, 4) is 0 Å². The van der Waals surface area contributed by atoms with Gasteiger partial charge in [-0.25, -0.2) is 0 Å². The second-order valence-corrected chi connectivity index (χ2v) is 6.71. The number of rotatable bonds is 5. The van der Waals surface area contributed by atoms with Crippen molar-refractivity contribution >= 4 is 0 Å². The fourth-order valence-electron chi connectivity index (χ4n) is 3.03. The van der Waals surface area contributed by atoms with Crippen LogP contribution in [0.5, 0.6) is 0 Å². The van der Waals surface area contributed by atoms with Crippen molar-refractivity contribution in [2.75, 3.05) is 13.1 Å². The van der Waals surface area contributed by atoms with Gasteiger partial charge >= 0.3 is 0 Å². The lowest BCUT2D eigenvalue weighted by Crippen LogP contribution is -2.67. The van der Waals surface area contributed by atoms with Crippen LogP contribution in [0.4, 0.5) is 0 Å². The molecular weight excluding hydrogens is 248 g/mol. The van der Waals surface area contributed by atoms with E-state index in [2.05, 4.69) is 56.1 Å². The van der Waals surface area contributed by atoms with E-state index in [1.807, 2.05) is 10.9 Å². The van der Waals surface area contributed by atoms with E-state index in [0.29, 0.717) is 0 Å². The van der Waals surface area contributed by atoms with Crippen molar-refractivity contribution in [1.82, 2.24) is 20.0 Å². The smallest absolute Gasteiger partial charge is 0.0534 e. The molecule has 1 saturated heterocycles. The van der Waals surface area contributed by atoms with Gasteiger partial charge in [0, 0.05) is 49.0 Å². The Hall–Kier alpha value is -0.870. The number of piperazine rings is 1. The van der Waals surface area contributed by atoms with Crippen molar-refractivity contribution in [2.24, 2.45) is 0 Å². The predicted octanol–water partition coefficient (Wildman–Crippen LogP) is 2.65. The number of nitrogens with one attached hydrogen (secondary N) is 1. The fraction of sp³-hybridized carbons (Fsp3) is 0.812. The van der Waals surface area contributed by atoms with E-state index in [-0.39, 0.29) is 11.1 Å². The van der Waals surface area contributed by atoms with Crippen LogP contribution in [-0.4, -0.2) is 38.8 Å². The maximum Gasteiger partial charge on any atom is 0.0534 e. The Kier molecular flexibility index (Phi) is 4.55. The Morgan fingerprint density at radius 1 is 1.25 bits per heavy atom. The molecule has 0 spiro atoms. The topological polar surface area (TPSA) is 33.1 Å². The zero-order chi connectivity index (χ0) is 14.8. The van der Waals surface area contributed by atoms with Crippen LogP contribution in [0.15, 0.2) is 12.4 Å². The fourth-order valence-corrected chi connectivity index (χ4v) is 3.03. The van der Waals surface area contributed by atoms with Gasteiger partial charge in [-0.2, -0.15) is 5.10 Å². The molecule has 1 aliphatic heterocycles. The summed E-state index contributed by atoms with van der Waals surface area (Å²) in [6.45, 7) is 15.5. The van der Waals surface area contributed by atoms with Crippen molar-refractivity contribution in [1.29, 1.82) is 0 Å². The van der Waals surface area contributed by atoms with Crippen LogP contribution in [0.1, 0.15) is 53.0 Å². The number of aromatic nitrogens is 2. The Bertz CT molecular complexity index is 431. The number of hydrogen-bond donors (Lipinski definition) is 1. The van der Waals surface area contributed by atoms with Gasteiger partial charge in [-0.3, -0.25) is 9.58 Å². The van der Waals surface area contributed by atoms with Gasteiger partial charge in [-0.05, 0) is 33.6 Å². The van der Waals surface area contributed by atoms with E-state index in [1.54, 1.807) is 0 Å². The summed E-state index contributed by atoms with van der Waals surface area (Å²) >= 11 is 0. The third-order valence-corrected chi connectivity index (χ3v) is 4.98. The summed E-state index contributed by atoms with van der Waals surface area (Å²) in [5, 5.41) is 8.19. The monoisotopic (exact) mass is 278 g/mol. The molecule has 1 aliphatic rings. The first kappa shape index (κ1) is 15.5. The Morgan fingerprint density at radius 2 is 1.95 bits per heavy atom. The third-order valence-electron chi connectivity index (χ3n) is 4.98. The number of nitrogens with zero attached hydrogens (tertiary/aromatic N) is 3. The molecule has 1 fully saturated rings. The van der Waals surface area contributed by atoms with Crippen molar-refractivity contribution < 1.29 is 0 Å². The minimum Gasteiger partial charge on any atom is -0.308 e. The summed E-state index contributed by atoms with van der Waals surface area (Å²) in [5.41, 5.74) is 1.79. The van der Waals surface area contributed by atoms with E-state index in [1.165, 1.54) is 18.4 Å². The summed E-state index contributed by atoms with van der Waals surface area (Å²) in [6.07, 6.45) is 6.56. The van der Waals surface area contributed by atoms with Gasteiger partial charge < -0.3 is 5.32 Å². The highest BCUT2D eigenvalue weighted by Crippen LogP contribution is 2.29. The zero-order valence-electron chi connectivity index (χ0n) is 13.7. The molecule has 1 aromatic heterocycles. The van der Waals surface area contributed by atoms with Gasteiger partial charge in [0.15, 0.2) is 0 Å². The molecule has 0 amide bonds. The van der Waals surface area contributed by atoms with E-state index in [0.717, 1.165) is 26.2 Å². The normalized spacial score (nSPS) is 22.1. The Morgan fingerprint density at radius 3 is 2.50 bits per heavy atom. The molecule has 1 N–H and O–H groups in total. The van der Waals surface area contributed by atoms with Crippen LogP contribution in [-0.2, 0) is 13.1 Å². The lowest BCUT2D eigenvalue weighted by molar-refractivity contribution is 0.0161. The zero-order valence-corrected chi connectivity index (χ0v) is 13.7. The molecule has 4 heteroatoms. The maximum absolute atomic E-state index is 4.40. The summed E-state index contributed by atoms with van der Waals surface area (Å²) in [6, 6.07) is 0. The van der Waals surface area contributed by atoms with Crippen LogP contribution < -0.4 is 5.32 Å². The second kappa shape index (κ2) is 5.86. The summed E-state index contributed by atoms with van der Waals surface area (Å²) in [7, 11) is 0. The third kappa shape index (κ3) is 3.07. The molecule has 0 radical (unpaired) electrons. The van der Waals surface area contributed by atoms with Crippen LogP contribution in [0.3, 0.4) is 0 Å². The highest BCUT2D eigenvalue weighted by molar-refractivity contribution is 5.08. The minimum absolute atomic E-state index is 0.197. The standard InChI is InChI=1S/C16H30N4/c1-6-16(7-2)13-19(15(4,5)12-17-16)10-14-9-18-20(8-3)11-14/h9,11,17H,6-8,10,12-13H2,1-5H3. The van der Waals surface area contributed by atoms with Crippen LogP contribution >= 0.6 is 0 Å². The largest absolute Gasteiger partial charge is 0.308 e. The van der Waals surface area contributed by atoms with Crippen LogP contribution in [0.2, 0.25) is 0 Å². The number of aryl methyl sites for hydroxylation is 1. The lowest BCUT2D eigenvalue weighted by Gasteiger charge is -2.52. The van der Waals surface area contributed by atoms with Gasteiger partial charge in [0.05, 0.1) is 6.20 Å². The molecule has 2 heterocycles. The lowest BCUT2D eigenvalue weighted by atomic mass is 9.85. The molecule has 0 unspecified atom stereocenters. The molecule has 0 saturated carbocycles. The highest BCUT2D eigenvalue weighted by Gasteiger charge is 2.40. The quantitative estimate of drug-likeness (QED) is 0.899. The molecule has 4 nitrogen and oxygen atoms in total. The summed E-state index contributed by atoms with van der Waals surface area (Å²) in [4.78, 5) is 2.62. The molecule has 20 heavy (non-hydrogen) atoms. The average Bonchev–Trinajstić information content (AvgIpc) is 2.89. The van der Waals surface area contributed by atoms with E-state index < -0.39 is 0 Å². The van der Waals surface area contributed by atoms with Crippen molar-refractivity contribution in [2.45, 2.75) is 71.6 Å². The first-order valence-corrected chi connectivity index (χ1v) is 7.96. The first-order chi connectivity index (χ1) is 9.44. The van der Waals surface area contributed by atoms with Crippen molar-refractivity contribution in [3.05, 3.63) is 18.0 Å².